The van der Waals surface area contributed by atoms with E-state index in [4.69, 9.17) is 9.97 Å². The largest absolute Gasteiger partial charge is 0.308 e. The highest BCUT2D eigenvalue weighted by atomic mass is 15.0. The molecule has 0 spiro atoms. The molecule has 4 nitrogen and oxygen atoms in total. The molecule has 206 valence electrons. The number of benzene rings is 5. The summed E-state index contributed by atoms with van der Waals surface area (Å²) in [5.41, 5.74) is 13.3. The van der Waals surface area contributed by atoms with E-state index in [9.17, 15) is 5.26 Å². The Morgan fingerprint density at radius 1 is 0.535 bits per heavy atom. The minimum absolute atomic E-state index is 0.586. The SMILES string of the molecule is Cc1ccc(-c2ccc3c4ccc(-c5ccc(C)cc5)cc4n(-c4cc(C#N)ccc4-c4nc(C)cc(C)n4)c3c2)cc1. The lowest BCUT2D eigenvalue weighted by Gasteiger charge is -2.15. The van der Waals surface area contributed by atoms with Crippen molar-refractivity contribution in [2.75, 3.05) is 0 Å². The number of aromatic nitrogens is 3. The van der Waals surface area contributed by atoms with Gasteiger partial charge in [0.05, 0.1) is 28.4 Å². The van der Waals surface area contributed by atoms with Crippen LogP contribution in [0.1, 0.15) is 28.1 Å². The summed E-state index contributed by atoms with van der Waals surface area (Å²) in [7, 11) is 0. The van der Waals surface area contributed by atoms with E-state index < -0.39 is 0 Å². The number of aryl methyl sites for hydroxylation is 4. The van der Waals surface area contributed by atoms with Crippen molar-refractivity contribution in [2.24, 2.45) is 0 Å². The molecule has 7 aromatic rings. The maximum absolute atomic E-state index is 9.98. The van der Waals surface area contributed by atoms with Gasteiger partial charge in [0.25, 0.3) is 0 Å². The van der Waals surface area contributed by atoms with Crippen LogP contribution in [-0.4, -0.2) is 14.5 Å². The second kappa shape index (κ2) is 10.4. The van der Waals surface area contributed by atoms with Gasteiger partial charge in [0.1, 0.15) is 0 Å². The van der Waals surface area contributed by atoms with E-state index in [1.54, 1.807) is 0 Å². The van der Waals surface area contributed by atoms with Crippen LogP contribution in [0.15, 0.2) is 109 Å². The molecule has 5 aromatic carbocycles. The zero-order chi connectivity index (χ0) is 29.7. The van der Waals surface area contributed by atoms with Crippen LogP contribution in [0.25, 0.3) is 61.1 Å². The molecule has 0 saturated carbocycles. The van der Waals surface area contributed by atoms with Crippen molar-refractivity contribution in [3.63, 3.8) is 0 Å². The van der Waals surface area contributed by atoms with E-state index in [0.717, 1.165) is 66.7 Å². The summed E-state index contributed by atoms with van der Waals surface area (Å²) >= 11 is 0. The summed E-state index contributed by atoms with van der Waals surface area (Å²) < 4.78 is 2.29. The normalized spacial score (nSPS) is 11.2. The summed E-state index contributed by atoms with van der Waals surface area (Å²) in [5.74, 6) is 0.649. The maximum atomic E-state index is 9.98. The Morgan fingerprint density at radius 3 is 1.51 bits per heavy atom. The molecule has 0 aliphatic carbocycles. The molecule has 0 aliphatic heterocycles. The van der Waals surface area contributed by atoms with Gasteiger partial charge in [-0.05, 0) is 86.3 Å². The highest BCUT2D eigenvalue weighted by Crippen LogP contribution is 2.39. The third-order valence-corrected chi connectivity index (χ3v) is 8.13. The topological polar surface area (TPSA) is 54.5 Å². The monoisotopic (exact) mass is 554 g/mol. The standard InChI is InChI=1S/C39H30N4/c1-24-5-10-29(11-6-24)31-14-17-33-34-18-15-32(30-12-7-25(2)8-13-30)22-38(34)43(37(33)21-31)36-20-28(23-40)9-16-35(36)39-41-26(3)19-27(4)42-39/h5-22H,1-4H3. The van der Waals surface area contributed by atoms with Crippen LogP contribution in [0.4, 0.5) is 0 Å². The molecule has 0 atom stereocenters. The molecule has 2 aromatic heterocycles. The van der Waals surface area contributed by atoms with E-state index >= 15 is 0 Å². The van der Waals surface area contributed by atoms with Crippen LogP contribution in [-0.2, 0) is 0 Å². The summed E-state index contributed by atoms with van der Waals surface area (Å²) in [5, 5.41) is 12.3. The molecule has 0 amide bonds. The average molecular weight is 555 g/mol. The first kappa shape index (κ1) is 26.4. The fourth-order valence-corrected chi connectivity index (χ4v) is 5.95. The van der Waals surface area contributed by atoms with Gasteiger partial charge in [0, 0.05) is 27.7 Å². The molecular formula is C39H30N4. The Kier molecular flexibility index (Phi) is 6.37. The van der Waals surface area contributed by atoms with E-state index in [0.29, 0.717) is 11.4 Å². The highest BCUT2D eigenvalue weighted by Gasteiger charge is 2.19. The van der Waals surface area contributed by atoms with Crippen molar-refractivity contribution in [3.05, 3.63) is 137 Å². The van der Waals surface area contributed by atoms with E-state index in [2.05, 4.69) is 109 Å². The predicted molar refractivity (Wildman–Crippen MR) is 176 cm³/mol. The molecule has 4 heteroatoms. The lowest BCUT2D eigenvalue weighted by Crippen LogP contribution is -2.02. The van der Waals surface area contributed by atoms with Gasteiger partial charge in [0.15, 0.2) is 5.82 Å². The van der Waals surface area contributed by atoms with Crippen molar-refractivity contribution in [1.82, 2.24) is 14.5 Å². The van der Waals surface area contributed by atoms with Crippen LogP contribution in [0.3, 0.4) is 0 Å². The molecule has 0 unspecified atom stereocenters. The van der Waals surface area contributed by atoms with Gasteiger partial charge in [-0.15, -0.1) is 0 Å². The van der Waals surface area contributed by atoms with E-state index in [1.165, 1.54) is 11.1 Å². The Bertz CT molecular complexity index is 2090. The minimum Gasteiger partial charge on any atom is -0.308 e. The Morgan fingerprint density at radius 2 is 1.02 bits per heavy atom. The third-order valence-electron chi connectivity index (χ3n) is 8.13. The van der Waals surface area contributed by atoms with Gasteiger partial charge < -0.3 is 4.57 Å². The molecule has 0 bridgehead atoms. The third kappa shape index (κ3) is 4.75. The summed E-state index contributed by atoms with van der Waals surface area (Å²) in [4.78, 5) is 9.66. The van der Waals surface area contributed by atoms with Gasteiger partial charge >= 0.3 is 0 Å². The second-order valence-electron chi connectivity index (χ2n) is 11.3. The van der Waals surface area contributed by atoms with Gasteiger partial charge in [-0.2, -0.15) is 5.26 Å². The number of rotatable bonds is 4. The van der Waals surface area contributed by atoms with Gasteiger partial charge in [-0.25, -0.2) is 9.97 Å². The Hall–Kier alpha value is -5.53. The Balaban J connectivity index is 1.58. The fraction of sp³-hybridized carbons (Fsp3) is 0.103. The minimum atomic E-state index is 0.586. The van der Waals surface area contributed by atoms with Crippen molar-refractivity contribution in [3.8, 4) is 45.4 Å². The summed E-state index contributed by atoms with van der Waals surface area (Å²) in [6, 6.07) is 40.8. The molecule has 0 fully saturated rings. The van der Waals surface area contributed by atoms with Crippen molar-refractivity contribution in [1.29, 1.82) is 5.26 Å². The number of nitriles is 1. The van der Waals surface area contributed by atoms with Gasteiger partial charge in [-0.3, -0.25) is 0 Å². The molecule has 7 rings (SSSR count). The van der Waals surface area contributed by atoms with Crippen molar-refractivity contribution in [2.45, 2.75) is 27.7 Å². The first-order valence-corrected chi connectivity index (χ1v) is 14.5. The number of hydrogen-bond acceptors (Lipinski definition) is 3. The summed E-state index contributed by atoms with van der Waals surface area (Å²) in [6.45, 7) is 8.19. The van der Waals surface area contributed by atoms with Crippen LogP contribution < -0.4 is 0 Å². The van der Waals surface area contributed by atoms with Crippen LogP contribution >= 0.6 is 0 Å². The summed E-state index contributed by atoms with van der Waals surface area (Å²) in [6.07, 6.45) is 0. The number of hydrogen-bond donors (Lipinski definition) is 0. The molecule has 0 saturated heterocycles. The molecule has 0 radical (unpaired) electrons. The van der Waals surface area contributed by atoms with Crippen molar-refractivity contribution < 1.29 is 0 Å². The predicted octanol–water partition coefficient (Wildman–Crippen LogP) is 9.68. The first-order valence-electron chi connectivity index (χ1n) is 14.5. The van der Waals surface area contributed by atoms with E-state index in [-0.39, 0.29) is 0 Å². The molecule has 0 N–H and O–H groups in total. The lowest BCUT2D eigenvalue weighted by molar-refractivity contribution is 1.05. The molecular weight excluding hydrogens is 524 g/mol. The van der Waals surface area contributed by atoms with Gasteiger partial charge in [-0.1, -0.05) is 83.9 Å². The van der Waals surface area contributed by atoms with Crippen molar-refractivity contribution >= 4 is 21.8 Å². The average Bonchev–Trinajstić information content (AvgIpc) is 3.33. The lowest BCUT2D eigenvalue weighted by atomic mass is 10.0. The van der Waals surface area contributed by atoms with Crippen LogP contribution in [0.2, 0.25) is 0 Å². The van der Waals surface area contributed by atoms with E-state index in [1.807, 2.05) is 38.1 Å². The highest BCUT2D eigenvalue weighted by molar-refractivity contribution is 6.11. The first-order chi connectivity index (χ1) is 20.9. The number of fused-ring (bicyclic) bond motifs is 3. The number of nitrogens with zero attached hydrogens (tertiary/aromatic N) is 4. The maximum Gasteiger partial charge on any atom is 0.161 e. The fourth-order valence-electron chi connectivity index (χ4n) is 5.95. The second-order valence-corrected chi connectivity index (χ2v) is 11.3. The zero-order valence-corrected chi connectivity index (χ0v) is 24.7. The van der Waals surface area contributed by atoms with Crippen LogP contribution in [0, 0.1) is 39.0 Å². The quantitative estimate of drug-likeness (QED) is 0.218. The molecule has 43 heavy (non-hydrogen) atoms. The molecule has 0 aliphatic rings. The molecule has 2 heterocycles. The zero-order valence-electron chi connectivity index (χ0n) is 24.7. The van der Waals surface area contributed by atoms with Gasteiger partial charge in [0.2, 0.25) is 0 Å². The smallest absolute Gasteiger partial charge is 0.161 e. The van der Waals surface area contributed by atoms with Crippen LogP contribution in [0.5, 0.6) is 0 Å². The Labute approximate surface area is 251 Å².